The first-order valence-corrected chi connectivity index (χ1v) is 15.3. The van der Waals surface area contributed by atoms with Gasteiger partial charge in [-0.15, -0.1) is 0 Å². The Balaban J connectivity index is 1.04. The van der Waals surface area contributed by atoms with Crippen LogP contribution >= 0.6 is 0 Å². The van der Waals surface area contributed by atoms with Gasteiger partial charge >= 0.3 is 0 Å². The molecule has 9 rings (SSSR count). The van der Waals surface area contributed by atoms with Crippen molar-refractivity contribution in [1.29, 1.82) is 0 Å². The van der Waals surface area contributed by atoms with Crippen molar-refractivity contribution in [1.82, 2.24) is 9.55 Å². The Morgan fingerprint density at radius 3 is 1.78 bits per heavy atom. The van der Waals surface area contributed by atoms with Gasteiger partial charge in [-0.2, -0.15) is 0 Å². The summed E-state index contributed by atoms with van der Waals surface area (Å²) in [5, 5.41) is 4.64. The lowest BCUT2D eigenvalue weighted by molar-refractivity contribution is 0.672. The third kappa shape index (κ3) is 4.16. The third-order valence-corrected chi connectivity index (χ3v) is 9.04. The summed E-state index contributed by atoms with van der Waals surface area (Å²) in [5.41, 5.74) is 12.3. The van der Waals surface area contributed by atoms with Crippen LogP contribution in [0.3, 0.4) is 0 Å². The van der Waals surface area contributed by atoms with Crippen LogP contribution < -0.4 is 0 Å². The number of imidazole rings is 1. The number of fused-ring (bicyclic) bond motifs is 6. The van der Waals surface area contributed by atoms with Crippen molar-refractivity contribution in [3.05, 3.63) is 152 Å². The Morgan fingerprint density at radius 2 is 1.04 bits per heavy atom. The SMILES string of the molecule is Cn1c(-c2ccccc2)nc2cc(-c3ccc(-c4ccc(-c5cc6c7ccccc7oc6c6ccccc56)cc4)cc3)ccc21. The Bertz CT molecular complexity index is 2520. The maximum Gasteiger partial charge on any atom is 0.143 e. The summed E-state index contributed by atoms with van der Waals surface area (Å²) in [6, 6.07) is 53.8. The van der Waals surface area contributed by atoms with E-state index in [2.05, 4.69) is 145 Å². The van der Waals surface area contributed by atoms with Crippen molar-refractivity contribution in [3.63, 3.8) is 0 Å². The predicted molar refractivity (Wildman–Crippen MR) is 187 cm³/mol. The summed E-state index contributed by atoms with van der Waals surface area (Å²) >= 11 is 0. The van der Waals surface area contributed by atoms with Crippen LogP contribution in [0.4, 0.5) is 0 Å². The zero-order valence-electron chi connectivity index (χ0n) is 24.7. The molecule has 2 aromatic heterocycles. The van der Waals surface area contributed by atoms with Crippen LogP contribution in [-0.2, 0) is 7.05 Å². The molecule has 0 fully saturated rings. The van der Waals surface area contributed by atoms with E-state index in [1.807, 2.05) is 18.2 Å². The van der Waals surface area contributed by atoms with Gasteiger partial charge in [0.2, 0.25) is 0 Å². The molecule has 212 valence electrons. The molecule has 0 unspecified atom stereocenters. The van der Waals surface area contributed by atoms with E-state index in [-0.39, 0.29) is 0 Å². The Kier molecular flexibility index (Phi) is 5.72. The van der Waals surface area contributed by atoms with Crippen LogP contribution in [-0.4, -0.2) is 9.55 Å². The molecule has 0 bridgehead atoms. The molecule has 0 saturated carbocycles. The summed E-state index contributed by atoms with van der Waals surface area (Å²) in [4.78, 5) is 4.97. The Hall–Kier alpha value is -5.93. The average molecular weight is 577 g/mol. The molecular formula is C42H28N2O. The molecule has 2 heterocycles. The average Bonchev–Trinajstić information content (AvgIpc) is 3.66. The number of hydrogen-bond donors (Lipinski definition) is 0. The molecule has 3 heteroatoms. The molecule has 45 heavy (non-hydrogen) atoms. The number of hydrogen-bond acceptors (Lipinski definition) is 2. The minimum absolute atomic E-state index is 0.922. The van der Waals surface area contributed by atoms with Crippen molar-refractivity contribution in [2.75, 3.05) is 0 Å². The van der Waals surface area contributed by atoms with Gasteiger partial charge in [0.05, 0.1) is 11.0 Å². The molecule has 9 aromatic rings. The lowest BCUT2D eigenvalue weighted by atomic mass is 9.93. The lowest BCUT2D eigenvalue weighted by Crippen LogP contribution is -1.91. The second-order valence-electron chi connectivity index (χ2n) is 11.7. The minimum atomic E-state index is 0.922. The molecule has 0 aliphatic carbocycles. The van der Waals surface area contributed by atoms with E-state index in [0.29, 0.717) is 0 Å². The van der Waals surface area contributed by atoms with Gasteiger partial charge in [0.25, 0.3) is 0 Å². The summed E-state index contributed by atoms with van der Waals surface area (Å²) < 4.78 is 8.48. The quantitative estimate of drug-likeness (QED) is 0.209. The summed E-state index contributed by atoms with van der Waals surface area (Å²) in [5.74, 6) is 0.979. The molecule has 7 aromatic carbocycles. The van der Waals surface area contributed by atoms with Crippen LogP contribution in [0.15, 0.2) is 156 Å². The number of aromatic nitrogens is 2. The molecule has 0 aliphatic heterocycles. The molecule has 0 saturated heterocycles. The highest BCUT2D eigenvalue weighted by Crippen LogP contribution is 2.40. The highest BCUT2D eigenvalue weighted by molar-refractivity contribution is 6.19. The van der Waals surface area contributed by atoms with E-state index in [1.54, 1.807) is 0 Å². The summed E-state index contributed by atoms with van der Waals surface area (Å²) in [6.07, 6.45) is 0. The van der Waals surface area contributed by atoms with Gasteiger partial charge in [-0.25, -0.2) is 4.98 Å². The van der Waals surface area contributed by atoms with Gasteiger partial charge in [0.15, 0.2) is 0 Å². The Labute approximate surface area is 260 Å². The molecule has 0 radical (unpaired) electrons. The van der Waals surface area contributed by atoms with Gasteiger partial charge in [-0.3, -0.25) is 0 Å². The molecule has 0 aliphatic rings. The summed E-state index contributed by atoms with van der Waals surface area (Å²) in [7, 11) is 2.08. The fraction of sp³-hybridized carbons (Fsp3) is 0.0238. The van der Waals surface area contributed by atoms with Gasteiger partial charge in [-0.1, -0.05) is 127 Å². The number of aryl methyl sites for hydroxylation is 1. The topological polar surface area (TPSA) is 31.0 Å². The third-order valence-electron chi connectivity index (χ3n) is 9.04. The van der Waals surface area contributed by atoms with Gasteiger partial charge in [0.1, 0.15) is 17.0 Å². The van der Waals surface area contributed by atoms with Crippen molar-refractivity contribution < 1.29 is 4.42 Å². The maximum absolute atomic E-state index is 6.32. The first-order valence-electron chi connectivity index (χ1n) is 15.3. The van der Waals surface area contributed by atoms with Crippen molar-refractivity contribution in [3.8, 4) is 44.8 Å². The molecule has 0 N–H and O–H groups in total. The van der Waals surface area contributed by atoms with Gasteiger partial charge in [-0.05, 0) is 63.0 Å². The van der Waals surface area contributed by atoms with Gasteiger partial charge < -0.3 is 8.98 Å². The second kappa shape index (κ2) is 10.1. The predicted octanol–water partition coefficient (Wildman–Crippen LogP) is 11.3. The standard InChI is InChI=1S/C42H28N2O/c1-44-39-24-23-32(25-38(39)43-42(44)31-9-3-2-4-10-31)29-17-15-27(16-18-29)28-19-21-30(22-20-28)36-26-37-34-12-7-8-14-40(34)45-41(37)35-13-6-5-11-33(35)36/h2-26H,1H3. The number of benzene rings is 7. The molecule has 0 atom stereocenters. The fourth-order valence-corrected chi connectivity index (χ4v) is 6.71. The van der Waals surface area contributed by atoms with E-state index in [9.17, 15) is 0 Å². The fourth-order valence-electron chi connectivity index (χ4n) is 6.71. The highest BCUT2D eigenvalue weighted by atomic mass is 16.3. The van der Waals surface area contributed by atoms with E-state index < -0.39 is 0 Å². The van der Waals surface area contributed by atoms with Crippen LogP contribution in [0, 0.1) is 0 Å². The first kappa shape index (κ1) is 25.6. The van der Waals surface area contributed by atoms with Crippen LogP contribution in [0.2, 0.25) is 0 Å². The van der Waals surface area contributed by atoms with Crippen LogP contribution in [0.5, 0.6) is 0 Å². The largest absolute Gasteiger partial charge is 0.455 e. The van der Waals surface area contributed by atoms with E-state index in [1.165, 1.54) is 33.2 Å². The van der Waals surface area contributed by atoms with Gasteiger partial charge in [0, 0.05) is 28.8 Å². The second-order valence-corrected chi connectivity index (χ2v) is 11.7. The first-order chi connectivity index (χ1) is 22.2. The minimum Gasteiger partial charge on any atom is -0.455 e. The van der Waals surface area contributed by atoms with E-state index in [4.69, 9.17) is 9.40 Å². The Morgan fingerprint density at radius 1 is 0.467 bits per heavy atom. The molecule has 0 amide bonds. The lowest BCUT2D eigenvalue weighted by Gasteiger charge is -2.10. The molecule has 3 nitrogen and oxygen atoms in total. The van der Waals surface area contributed by atoms with E-state index in [0.717, 1.165) is 55.3 Å². The maximum atomic E-state index is 6.32. The normalized spacial score (nSPS) is 11.7. The number of para-hydroxylation sites is 1. The monoisotopic (exact) mass is 576 g/mol. The smallest absolute Gasteiger partial charge is 0.143 e. The zero-order valence-corrected chi connectivity index (χ0v) is 24.7. The molecular weight excluding hydrogens is 548 g/mol. The zero-order chi connectivity index (χ0) is 29.9. The number of rotatable bonds is 4. The summed E-state index contributed by atoms with van der Waals surface area (Å²) in [6.45, 7) is 0. The van der Waals surface area contributed by atoms with Crippen molar-refractivity contribution in [2.45, 2.75) is 0 Å². The number of nitrogens with zero attached hydrogens (tertiary/aromatic N) is 2. The van der Waals surface area contributed by atoms with E-state index >= 15 is 0 Å². The molecule has 0 spiro atoms. The highest BCUT2D eigenvalue weighted by Gasteiger charge is 2.15. The van der Waals surface area contributed by atoms with Crippen molar-refractivity contribution >= 4 is 43.7 Å². The number of furan rings is 1. The van der Waals surface area contributed by atoms with Crippen LogP contribution in [0.25, 0.3) is 88.5 Å². The van der Waals surface area contributed by atoms with Crippen LogP contribution in [0.1, 0.15) is 0 Å². The van der Waals surface area contributed by atoms with Crippen molar-refractivity contribution in [2.24, 2.45) is 7.05 Å².